The van der Waals surface area contributed by atoms with Crippen LogP contribution in [0.2, 0.25) is 18.1 Å². The Hall–Kier alpha value is -1.30. The molecule has 0 N–H and O–H groups in total. The van der Waals surface area contributed by atoms with E-state index in [1.54, 1.807) is 5.19 Å². The first-order chi connectivity index (χ1) is 14.9. The van der Waals surface area contributed by atoms with E-state index in [4.69, 9.17) is 33.2 Å². The Morgan fingerprint density at radius 3 is 1.35 bits per heavy atom. The van der Waals surface area contributed by atoms with Crippen molar-refractivity contribution in [3.05, 3.63) is 60.7 Å². The molecule has 0 saturated carbocycles. The Morgan fingerprint density at radius 1 is 0.516 bits per heavy atom. The van der Waals surface area contributed by atoms with Crippen LogP contribution < -0.4 is 10.4 Å². The van der Waals surface area contributed by atoms with Crippen molar-refractivity contribution in [3.63, 3.8) is 0 Å². The van der Waals surface area contributed by atoms with Crippen LogP contribution >= 0.6 is 33.2 Å². The Balaban J connectivity index is 2.01. The molecule has 0 heterocycles. The zero-order valence-corrected chi connectivity index (χ0v) is 22.3. The quantitative estimate of drug-likeness (QED) is 0.0986. The van der Waals surface area contributed by atoms with Gasteiger partial charge in [-0.3, -0.25) is 0 Å². The Morgan fingerprint density at radius 2 is 0.903 bits per heavy atom. The van der Waals surface area contributed by atoms with E-state index in [1.165, 1.54) is 55.8 Å². The molecule has 0 fully saturated rings. The van der Waals surface area contributed by atoms with E-state index in [0.717, 1.165) is 10.6 Å². The summed E-state index contributed by atoms with van der Waals surface area (Å²) in [6.45, 7) is 7.15. The summed E-state index contributed by atoms with van der Waals surface area (Å²) in [6, 6.07) is 23.1. The molecule has 5 heteroatoms. The number of hydrogen-bond donors (Lipinski definition) is 0. The lowest BCUT2D eigenvalue weighted by atomic mass is 9.90. The molecule has 31 heavy (non-hydrogen) atoms. The lowest BCUT2D eigenvalue weighted by Gasteiger charge is -2.31. The van der Waals surface area contributed by atoms with Gasteiger partial charge in [0.2, 0.25) is 0 Å². The average Bonchev–Trinajstić information content (AvgIpc) is 2.78. The first-order valence-corrected chi connectivity index (χ1v) is 18.7. The summed E-state index contributed by atoms with van der Waals surface area (Å²) >= 11 is 19.4. The van der Waals surface area contributed by atoms with E-state index in [2.05, 4.69) is 75.4 Å². The van der Waals surface area contributed by atoms with Crippen LogP contribution in [-0.4, -0.2) is 14.1 Å². The summed E-state index contributed by atoms with van der Waals surface area (Å²) in [6.07, 6.45) is 0. The summed E-state index contributed by atoms with van der Waals surface area (Å²) in [5, 5.41) is 12.7. The predicted molar refractivity (Wildman–Crippen MR) is 147 cm³/mol. The van der Waals surface area contributed by atoms with Crippen LogP contribution in [0.15, 0.2) is 60.7 Å². The van der Waals surface area contributed by atoms with Gasteiger partial charge in [-0.2, -0.15) is 0 Å². The zero-order chi connectivity index (χ0) is 22.0. The molecule has 0 spiro atoms. The lowest BCUT2D eigenvalue weighted by molar-refractivity contribution is 1.20. The van der Waals surface area contributed by atoms with Crippen molar-refractivity contribution < 1.29 is 0 Å². The minimum Gasteiger partial charge on any atom is -0.121 e. The summed E-state index contributed by atoms with van der Waals surface area (Å²) in [5.41, 5.74) is 0. The molecule has 0 aliphatic heterocycles. The molecule has 0 unspecified atom stereocenters. The molecule has 5 aromatic carbocycles. The first-order valence-electron chi connectivity index (χ1n) is 11.1. The SMILES string of the molecule is CC[Si](CC)(CC)c1ccc2c3cccc4c([Si](Cl)(Cl)Cl)ccc(c5cccc1c52)c43. The molecule has 0 saturated heterocycles. The van der Waals surface area contributed by atoms with Crippen LogP contribution in [0.1, 0.15) is 20.8 Å². The van der Waals surface area contributed by atoms with Crippen LogP contribution in [0.3, 0.4) is 0 Å². The number of benzene rings is 5. The Kier molecular flexibility index (Phi) is 5.31. The van der Waals surface area contributed by atoms with Crippen molar-refractivity contribution >= 4 is 101 Å². The van der Waals surface area contributed by atoms with Gasteiger partial charge in [0.25, 0.3) is 0 Å². The van der Waals surface area contributed by atoms with E-state index in [9.17, 15) is 0 Å². The molecular formula is C26H25Cl3Si2. The van der Waals surface area contributed by atoms with Crippen LogP contribution in [0.5, 0.6) is 0 Å². The highest BCUT2D eigenvalue weighted by Gasteiger charge is 2.33. The molecular weight excluding hydrogens is 475 g/mol. The highest BCUT2D eigenvalue weighted by atomic mass is 35.8. The maximum absolute atomic E-state index is 6.48. The van der Waals surface area contributed by atoms with Crippen molar-refractivity contribution in [1.29, 1.82) is 0 Å². The number of rotatable bonds is 5. The standard InChI is InChI=1S/C26H25Cl3Si2/c1-4-30(5-2,6-3)23-15-13-19-18-10-8-12-22-24(31(27,28)29)16-14-20(26(18)22)17-9-7-11-21(23)25(17)19/h7-16H,4-6H2,1-3H3. The van der Waals surface area contributed by atoms with Gasteiger partial charge in [0.1, 0.15) is 0 Å². The van der Waals surface area contributed by atoms with Gasteiger partial charge in [0.05, 0.1) is 8.07 Å². The first kappa shape index (κ1) is 21.5. The van der Waals surface area contributed by atoms with E-state index in [1.807, 2.05) is 6.07 Å². The third-order valence-electron chi connectivity index (χ3n) is 7.57. The van der Waals surface area contributed by atoms with Gasteiger partial charge in [-0.05, 0) is 48.3 Å². The molecule has 0 aliphatic rings. The van der Waals surface area contributed by atoms with E-state index >= 15 is 0 Å². The molecule has 0 atom stereocenters. The smallest absolute Gasteiger partial charge is 0.121 e. The molecule has 0 radical (unpaired) electrons. The van der Waals surface area contributed by atoms with Crippen molar-refractivity contribution in [2.75, 3.05) is 0 Å². The maximum Gasteiger partial charge on any atom is 0.373 e. The maximum atomic E-state index is 6.48. The summed E-state index contributed by atoms with van der Waals surface area (Å²) in [5.74, 6) is 0. The number of fused-ring (bicyclic) bond motifs is 2. The fourth-order valence-electron chi connectivity index (χ4n) is 5.74. The van der Waals surface area contributed by atoms with Crippen molar-refractivity contribution in [3.8, 4) is 0 Å². The number of halogens is 3. The zero-order valence-electron chi connectivity index (χ0n) is 18.0. The second kappa shape index (κ2) is 7.64. The Labute approximate surface area is 199 Å². The van der Waals surface area contributed by atoms with Crippen molar-refractivity contribution in [1.82, 2.24) is 0 Å². The topological polar surface area (TPSA) is 0 Å². The van der Waals surface area contributed by atoms with Crippen molar-refractivity contribution in [2.45, 2.75) is 38.9 Å². The van der Waals surface area contributed by atoms with Gasteiger partial charge in [-0.15, -0.1) is 33.2 Å². The molecule has 0 nitrogen and oxygen atoms in total. The van der Waals surface area contributed by atoms with E-state index in [-0.39, 0.29) is 0 Å². The highest BCUT2D eigenvalue weighted by Crippen LogP contribution is 2.41. The fourth-order valence-corrected chi connectivity index (χ4v) is 11.9. The largest absolute Gasteiger partial charge is 0.373 e. The average molecular weight is 500 g/mol. The minimum atomic E-state index is -3.01. The summed E-state index contributed by atoms with van der Waals surface area (Å²) in [4.78, 5) is 0. The number of hydrogen-bond acceptors (Lipinski definition) is 0. The Bertz CT molecular complexity index is 1400. The van der Waals surface area contributed by atoms with Gasteiger partial charge in [0, 0.05) is 0 Å². The molecule has 0 aromatic heterocycles. The van der Waals surface area contributed by atoms with Gasteiger partial charge < -0.3 is 0 Å². The third kappa shape index (κ3) is 3.07. The highest BCUT2D eigenvalue weighted by molar-refractivity contribution is 7.69. The van der Waals surface area contributed by atoms with Crippen LogP contribution in [0.25, 0.3) is 43.1 Å². The van der Waals surface area contributed by atoms with Crippen LogP contribution in [0, 0.1) is 0 Å². The second-order valence-corrected chi connectivity index (χ2v) is 22.2. The third-order valence-corrected chi connectivity index (χ3v) is 16.1. The summed E-state index contributed by atoms with van der Waals surface area (Å²) in [7, 11) is -1.53. The molecule has 5 aromatic rings. The van der Waals surface area contributed by atoms with Gasteiger partial charge in [-0.1, -0.05) is 105 Å². The molecule has 0 aliphatic carbocycles. The molecule has 0 bridgehead atoms. The molecule has 0 amide bonds. The van der Waals surface area contributed by atoms with Gasteiger partial charge in [-0.25, -0.2) is 0 Å². The normalized spacial score (nSPS) is 13.2. The van der Waals surface area contributed by atoms with Gasteiger partial charge in [0.15, 0.2) is 0 Å². The monoisotopic (exact) mass is 498 g/mol. The van der Waals surface area contributed by atoms with Crippen molar-refractivity contribution in [2.24, 2.45) is 0 Å². The fraction of sp³-hybridized carbons (Fsp3) is 0.231. The molecule has 5 rings (SSSR count). The van der Waals surface area contributed by atoms with Crippen LogP contribution in [0.4, 0.5) is 0 Å². The summed E-state index contributed by atoms with van der Waals surface area (Å²) < 4.78 is 0. The second-order valence-electron chi connectivity index (χ2n) is 8.62. The predicted octanol–water partition coefficient (Wildman–Crippen LogP) is 8.32. The molecule has 158 valence electrons. The van der Waals surface area contributed by atoms with E-state index < -0.39 is 14.1 Å². The van der Waals surface area contributed by atoms with Gasteiger partial charge >= 0.3 is 6.00 Å². The van der Waals surface area contributed by atoms with Crippen LogP contribution in [-0.2, 0) is 0 Å². The lowest BCUT2D eigenvalue weighted by Crippen LogP contribution is -2.46. The minimum absolute atomic E-state index is 0.875. The van der Waals surface area contributed by atoms with E-state index in [0.29, 0.717) is 0 Å².